The largest absolute Gasteiger partial charge is 0.466 e. The zero-order chi connectivity index (χ0) is 12.4. The second kappa shape index (κ2) is 9.57. The Morgan fingerprint density at radius 3 is 2.69 bits per heavy atom. The highest BCUT2D eigenvalue weighted by Crippen LogP contribution is 1.93. The molecule has 0 fully saturated rings. The van der Waals surface area contributed by atoms with Crippen LogP contribution < -0.4 is 5.32 Å². The number of carbonyl (C=O) groups excluding carboxylic acids is 1. The number of carbonyl (C=O) groups is 1. The number of aliphatic hydroxyl groups excluding tert-OH is 1. The van der Waals surface area contributed by atoms with Gasteiger partial charge in [-0.2, -0.15) is 0 Å². The van der Waals surface area contributed by atoms with Crippen LogP contribution in [0.2, 0.25) is 0 Å². The van der Waals surface area contributed by atoms with Gasteiger partial charge in [-0.1, -0.05) is 0 Å². The fourth-order valence-electron chi connectivity index (χ4n) is 1.12. The summed E-state index contributed by atoms with van der Waals surface area (Å²) in [4.78, 5) is 11.0. The topological polar surface area (TPSA) is 67.8 Å². The van der Waals surface area contributed by atoms with Crippen molar-refractivity contribution >= 4 is 5.97 Å². The molecule has 0 aromatic heterocycles. The Hall–Kier alpha value is -0.650. The summed E-state index contributed by atoms with van der Waals surface area (Å²) in [6.07, 6.45) is -0.448. The van der Waals surface area contributed by atoms with Crippen LogP contribution in [0, 0.1) is 0 Å². The molecule has 0 aliphatic carbocycles. The molecule has 0 rings (SSSR count). The van der Waals surface area contributed by atoms with Crippen LogP contribution in [0.25, 0.3) is 0 Å². The van der Waals surface area contributed by atoms with E-state index in [4.69, 9.17) is 9.47 Å². The van der Waals surface area contributed by atoms with E-state index in [1.54, 1.807) is 6.92 Å². The van der Waals surface area contributed by atoms with E-state index in [1.807, 2.05) is 13.8 Å². The molecule has 0 saturated carbocycles. The van der Waals surface area contributed by atoms with Crippen molar-refractivity contribution in [2.45, 2.75) is 39.4 Å². The molecule has 0 heterocycles. The quantitative estimate of drug-likeness (QED) is 0.443. The van der Waals surface area contributed by atoms with Crippen molar-refractivity contribution in [1.82, 2.24) is 5.32 Å². The molecule has 1 unspecified atom stereocenters. The molecule has 0 aliphatic rings. The number of hydrogen-bond donors (Lipinski definition) is 2. The molecule has 1 atom stereocenters. The zero-order valence-corrected chi connectivity index (χ0v) is 10.4. The summed E-state index contributed by atoms with van der Waals surface area (Å²) in [6.45, 7) is 7.67. The number of ether oxygens (including phenoxy) is 2. The molecular weight excluding hydrogens is 210 g/mol. The van der Waals surface area contributed by atoms with Crippen molar-refractivity contribution in [2.24, 2.45) is 0 Å². The second-order valence-corrected chi connectivity index (χ2v) is 3.79. The summed E-state index contributed by atoms with van der Waals surface area (Å²) >= 11 is 0. The first-order valence-corrected chi connectivity index (χ1v) is 5.72. The van der Waals surface area contributed by atoms with E-state index in [0.29, 0.717) is 26.3 Å². The molecule has 16 heavy (non-hydrogen) atoms. The van der Waals surface area contributed by atoms with Gasteiger partial charge >= 0.3 is 5.97 Å². The molecule has 0 amide bonds. The van der Waals surface area contributed by atoms with E-state index in [-0.39, 0.29) is 18.5 Å². The molecule has 0 spiro atoms. The molecule has 0 radical (unpaired) electrons. The van der Waals surface area contributed by atoms with Crippen LogP contribution in [0.15, 0.2) is 0 Å². The van der Waals surface area contributed by atoms with Crippen molar-refractivity contribution < 1.29 is 19.4 Å². The molecule has 96 valence electrons. The van der Waals surface area contributed by atoms with Crippen molar-refractivity contribution in [1.29, 1.82) is 0 Å². The van der Waals surface area contributed by atoms with E-state index in [2.05, 4.69) is 5.32 Å². The Labute approximate surface area is 97.1 Å². The van der Waals surface area contributed by atoms with E-state index in [0.717, 1.165) is 0 Å². The Bertz CT molecular complexity index is 185. The van der Waals surface area contributed by atoms with Crippen LogP contribution in [-0.4, -0.2) is 49.6 Å². The molecular formula is C11H23NO4. The SMILES string of the molecule is CCOC(=O)CC(O)CNCCOC(C)C. The first-order chi connectivity index (χ1) is 7.56. The van der Waals surface area contributed by atoms with Gasteiger partial charge in [-0.25, -0.2) is 0 Å². The third-order valence-corrected chi connectivity index (χ3v) is 1.82. The molecule has 0 bridgehead atoms. The van der Waals surface area contributed by atoms with E-state index < -0.39 is 6.10 Å². The maximum absolute atomic E-state index is 11.0. The summed E-state index contributed by atoms with van der Waals surface area (Å²) in [6, 6.07) is 0. The highest BCUT2D eigenvalue weighted by Gasteiger charge is 2.10. The number of rotatable bonds is 9. The van der Waals surface area contributed by atoms with Gasteiger partial charge in [0.1, 0.15) is 0 Å². The van der Waals surface area contributed by atoms with Crippen LogP contribution in [0.4, 0.5) is 0 Å². The minimum atomic E-state index is -0.696. The summed E-state index contributed by atoms with van der Waals surface area (Å²) in [5.41, 5.74) is 0. The number of hydrogen-bond acceptors (Lipinski definition) is 5. The smallest absolute Gasteiger partial charge is 0.308 e. The van der Waals surface area contributed by atoms with E-state index in [9.17, 15) is 9.90 Å². The van der Waals surface area contributed by atoms with E-state index in [1.165, 1.54) is 0 Å². The lowest BCUT2D eigenvalue weighted by molar-refractivity contribution is -0.145. The third-order valence-electron chi connectivity index (χ3n) is 1.82. The fourth-order valence-corrected chi connectivity index (χ4v) is 1.12. The first-order valence-electron chi connectivity index (χ1n) is 5.72. The van der Waals surface area contributed by atoms with Gasteiger partial charge in [-0.15, -0.1) is 0 Å². The monoisotopic (exact) mass is 233 g/mol. The van der Waals surface area contributed by atoms with Crippen LogP contribution in [0.3, 0.4) is 0 Å². The van der Waals surface area contributed by atoms with Crippen molar-refractivity contribution in [3.63, 3.8) is 0 Å². The molecule has 5 heteroatoms. The average Bonchev–Trinajstić information content (AvgIpc) is 2.16. The number of nitrogens with one attached hydrogen (secondary N) is 1. The lowest BCUT2D eigenvalue weighted by Gasteiger charge is -2.12. The van der Waals surface area contributed by atoms with Gasteiger partial charge in [-0.05, 0) is 20.8 Å². The molecule has 0 aliphatic heterocycles. The van der Waals surface area contributed by atoms with Gasteiger partial charge in [0.05, 0.1) is 31.8 Å². The predicted molar refractivity (Wildman–Crippen MR) is 61.2 cm³/mol. The molecule has 0 saturated heterocycles. The van der Waals surface area contributed by atoms with Crippen LogP contribution in [-0.2, 0) is 14.3 Å². The molecule has 5 nitrogen and oxygen atoms in total. The minimum absolute atomic E-state index is 0.0336. The van der Waals surface area contributed by atoms with Gasteiger partial charge in [-0.3, -0.25) is 4.79 Å². The lowest BCUT2D eigenvalue weighted by Crippen LogP contribution is -2.31. The molecule has 0 aromatic carbocycles. The van der Waals surface area contributed by atoms with Crippen molar-refractivity contribution in [2.75, 3.05) is 26.3 Å². The second-order valence-electron chi connectivity index (χ2n) is 3.79. The fraction of sp³-hybridized carbons (Fsp3) is 0.909. The van der Waals surface area contributed by atoms with Gasteiger partial charge in [0.15, 0.2) is 0 Å². The Morgan fingerprint density at radius 2 is 2.12 bits per heavy atom. The van der Waals surface area contributed by atoms with Crippen molar-refractivity contribution in [3.05, 3.63) is 0 Å². The third kappa shape index (κ3) is 9.89. The van der Waals surface area contributed by atoms with Crippen LogP contribution >= 0.6 is 0 Å². The van der Waals surface area contributed by atoms with Crippen molar-refractivity contribution in [3.8, 4) is 0 Å². The lowest BCUT2D eigenvalue weighted by atomic mass is 10.2. The Balaban J connectivity index is 3.36. The summed E-state index contributed by atoms with van der Waals surface area (Å²) in [5, 5.41) is 12.5. The average molecular weight is 233 g/mol. The summed E-state index contributed by atoms with van der Waals surface area (Å²) < 4.78 is 10.0. The van der Waals surface area contributed by atoms with Gasteiger partial charge in [0.25, 0.3) is 0 Å². The van der Waals surface area contributed by atoms with E-state index >= 15 is 0 Å². The number of esters is 1. The Kier molecular flexibility index (Phi) is 9.18. The maximum Gasteiger partial charge on any atom is 0.308 e. The molecule has 2 N–H and O–H groups in total. The van der Waals surface area contributed by atoms with Gasteiger partial charge in [0.2, 0.25) is 0 Å². The van der Waals surface area contributed by atoms with Crippen LogP contribution in [0.5, 0.6) is 0 Å². The predicted octanol–water partition coefficient (Wildman–Crippen LogP) is 0.315. The number of aliphatic hydroxyl groups is 1. The van der Waals surface area contributed by atoms with Gasteiger partial charge in [0, 0.05) is 13.1 Å². The normalized spacial score (nSPS) is 12.8. The van der Waals surface area contributed by atoms with Gasteiger partial charge < -0.3 is 19.9 Å². The minimum Gasteiger partial charge on any atom is -0.466 e. The first kappa shape index (κ1) is 15.3. The standard InChI is InChI=1S/C11H23NO4/c1-4-15-11(14)7-10(13)8-12-5-6-16-9(2)3/h9-10,12-13H,4-8H2,1-3H3. The maximum atomic E-state index is 11.0. The summed E-state index contributed by atoms with van der Waals surface area (Å²) in [7, 11) is 0. The highest BCUT2D eigenvalue weighted by atomic mass is 16.5. The zero-order valence-electron chi connectivity index (χ0n) is 10.4. The molecule has 0 aromatic rings. The van der Waals surface area contributed by atoms with Crippen LogP contribution in [0.1, 0.15) is 27.2 Å². The highest BCUT2D eigenvalue weighted by molar-refractivity contribution is 5.69. The Morgan fingerprint density at radius 1 is 1.44 bits per heavy atom. The summed E-state index contributed by atoms with van der Waals surface area (Å²) in [5.74, 6) is -0.366.